The maximum Gasteiger partial charge on any atom is 0.143 e. The lowest BCUT2D eigenvalue weighted by Gasteiger charge is -2.02. The Morgan fingerprint density at radius 1 is 0.625 bits per heavy atom. The number of hydrogen-bond acceptors (Lipinski definition) is 0. The van der Waals surface area contributed by atoms with Crippen molar-refractivity contribution in [2.75, 3.05) is 0 Å². The van der Waals surface area contributed by atoms with E-state index in [9.17, 15) is 8.78 Å². The third-order valence-electron chi connectivity index (χ3n) is 5.30. The first-order valence-electron chi connectivity index (χ1n) is 11.2. The van der Waals surface area contributed by atoms with E-state index < -0.39 is 11.6 Å². The monoisotopic (exact) mass is 426 g/mol. The second-order valence-corrected chi connectivity index (χ2v) is 8.04. The third-order valence-corrected chi connectivity index (χ3v) is 5.30. The van der Waals surface area contributed by atoms with Crippen LogP contribution < -0.4 is 0 Å². The second-order valence-electron chi connectivity index (χ2n) is 8.04. The van der Waals surface area contributed by atoms with Gasteiger partial charge in [-0.2, -0.15) is 0 Å². The van der Waals surface area contributed by atoms with Crippen molar-refractivity contribution in [3.8, 4) is 23.7 Å². The van der Waals surface area contributed by atoms with E-state index in [1.165, 1.54) is 49.8 Å². The Kier molecular flexibility index (Phi) is 8.65. The molecule has 0 aromatic heterocycles. The zero-order valence-electron chi connectivity index (χ0n) is 18.8. The summed E-state index contributed by atoms with van der Waals surface area (Å²) in [6, 6.07) is 18.0. The summed E-state index contributed by atoms with van der Waals surface area (Å²) in [6.07, 6.45) is 7.30. The Bertz CT molecular complexity index is 1120. The fourth-order valence-electron chi connectivity index (χ4n) is 3.37. The fraction of sp³-hybridized carbons (Fsp3) is 0.267. The lowest BCUT2D eigenvalue weighted by atomic mass is 10.0. The first-order valence-corrected chi connectivity index (χ1v) is 11.2. The number of halogens is 2. The van der Waals surface area contributed by atoms with Crippen molar-refractivity contribution in [3.63, 3.8) is 0 Å². The van der Waals surface area contributed by atoms with E-state index in [0.29, 0.717) is 0 Å². The molecule has 0 N–H and O–H groups in total. The van der Waals surface area contributed by atoms with Crippen LogP contribution in [0.25, 0.3) is 0 Å². The standard InChI is InChI=1S/C30H28F2/c1-3-4-5-6-7-8-24-13-15-26(16-14-24)19-20-28-29(31)21-27(22-30(28)32)18-17-25-11-9-23(2)10-12-25/h9-16,21-22H,3-8H2,1-2H3. The molecule has 0 nitrogen and oxygen atoms in total. The Hall–Kier alpha value is -3.36. The highest BCUT2D eigenvalue weighted by atomic mass is 19.1. The molecule has 3 rings (SSSR count). The smallest absolute Gasteiger partial charge is 0.143 e. The summed E-state index contributed by atoms with van der Waals surface area (Å²) in [7, 11) is 0. The number of hydrogen-bond donors (Lipinski definition) is 0. The van der Waals surface area contributed by atoms with E-state index >= 15 is 0 Å². The van der Waals surface area contributed by atoms with Gasteiger partial charge >= 0.3 is 0 Å². The molecule has 0 heterocycles. The number of aryl methyl sites for hydroxylation is 2. The molecule has 0 atom stereocenters. The van der Waals surface area contributed by atoms with E-state index in [1.54, 1.807) is 0 Å². The summed E-state index contributed by atoms with van der Waals surface area (Å²) in [6.45, 7) is 4.21. The molecule has 0 radical (unpaired) electrons. The highest BCUT2D eigenvalue weighted by Crippen LogP contribution is 2.15. The van der Waals surface area contributed by atoms with Crippen LogP contribution in [0.5, 0.6) is 0 Å². The minimum Gasteiger partial charge on any atom is -0.205 e. The van der Waals surface area contributed by atoms with Crippen molar-refractivity contribution in [3.05, 3.63) is 106 Å². The molecule has 0 spiro atoms. The summed E-state index contributed by atoms with van der Waals surface area (Å²) in [5.74, 6) is 9.86. The van der Waals surface area contributed by atoms with Gasteiger partial charge in [0.05, 0.1) is 5.56 Å². The van der Waals surface area contributed by atoms with Crippen molar-refractivity contribution in [2.45, 2.75) is 52.4 Å². The van der Waals surface area contributed by atoms with Gasteiger partial charge in [-0.05, 0) is 61.7 Å². The van der Waals surface area contributed by atoms with Gasteiger partial charge in [-0.1, -0.05) is 86.1 Å². The van der Waals surface area contributed by atoms with Gasteiger partial charge in [0.1, 0.15) is 11.6 Å². The Labute approximate surface area is 190 Å². The second kappa shape index (κ2) is 11.9. The van der Waals surface area contributed by atoms with Gasteiger partial charge in [-0.25, -0.2) is 8.78 Å². The van der Waals surface area contributed by atoms with Gasteiger partial charge in [-0.15, -0.1) is 0 Å². The maximum atomic E-state index is 14.5. The van der Waals surface area contributed by atoms with Crippen molar-refractivity contribution < 1.29 is 8.78 Å². The highest BCUT2D eigenvalue weighted by molar-refractivity contribution is 5.49. The lowest BCUT2D eigenvalue weighted by molar-refractivity contribution is 0.577. The van der Waals surface area contributed by atoms with E-state index in [1.807, 2.05) is 55.5 Å². The largest absolute Gasteiger partial charge is 0.205 e. The average molecular weight is 427 g/mol. The molecule has 3 aromatic rings. The van der Waals surface area contributed by atoms with Crippen molar-refractivity contribution in [1.29, 1.82) is 0 Å². The molecule has 2 heteroatoms. The molecule has 162 valence electrons. The van der Waals surface area contributed by atoms with Crippen LogP contribution in [0.2, 0.25) is 0 Å². The molecule has 0 aliphatic carbocycles. The molecule has 0 fully saturated rings. The predicted molar refractivity (Wildman–Crippen MR) is 128 cm³/mol. The molecule has 32 heavy (non-hydrogen) atoms. The van der Waals surface area contributed by atoms with E-state index in [0.717, 1.165) is 23.1 Å². The molecule has 0 unspecified atom stereocenters. The van der Waals surface area contributed by atoms with Gasteiger partial charge in [0.15, 0.2) is 0 Å². The summed E-state index contributed by atoms with van der Waals surface area (Å²) >= 11 is 0. The molecule has 0 bridgehead atoms. The van der Waals surface area contributed by atoms with E-state index in [-0.39, 0.29) is 11.1 Å². The van der Waals surface area contributed by atoms with Crippen LogP contribution in [0.4, 0.5) is 8.78 Å². The fourth-order valence-corrected chi connectivity index (χ4v) is 3.37. The minimum absolute atomic E-state index is 0.231. The molecule has 0 saturated heterocycles. The summed E-state index contributed by atoms with van der Waals surface area (Å²) in [5, 5.41) is 0. The molecule has 0 saturated carbocycles. The van der Waals surface area contributed by atoms with E-state index in [4.69, 9.17) is 0 Å². The van der Waals surface area contributed by atoms with Crippen LogP contribution in [0.3, 0.4) is 0 Å². The minimum atomic E-state index is -0.700. The molecule has 0 aliphatic rings. The summed E-state index contributed by atoms with van der Waals surface area (Å²) in [5.41, 5.74) is 3.99. The first-order chi connectivity index (χ1) is 15.5. The zero-order chi connectivity index (χ0) is 22.8. The number of rotatable bonds is 6. The number of unbranched alkanes of at least 4 members (excludes halogenated alkanes) is 4. The first kappa shape index (κ1) is 23.3. The van der Waals surface area contributed by atoms with Crippen LogP contribution >= 0.6 is 0 Å². The highest BCUT2D eigenvalue weighted by Gasteiger charge is 2.08. The molecular weight excluding hydrogens is 398 g/mol. The van der Waals surface area contributed by atoms with Crippen LogP contribution in [-0.2, 0) is 6.42 Å². The topological polar surface area (TPSA) is 0 Å². The Morgan fingerprint density at radius 2 is 1.16 bits per heavy atom. The van der Waals surface area contributed by atoms with Crippen molar-refractivity contribution in [2.24, 2.45) is 0 Å². The molecule has 0 aliphatic heterocycles. The van der Waals surface area contributed by atoms with Crippen LogP contribution in [0, 0.1) is 42.2 Å². The Balaban J connectivity index is 1.66. The molecule has 3 aromatic carbocycles. The normalized spacial score (nSPS) is 10.1. The van der Waals surface area contributed by atoms with Crippen LogP contribution in [-0.4, -0.2) is 0 Å². The average Bonchev–Trinajstić information content (AvgIpc) is 2.79. The van der Waals surface area contributed by atoms with Crippen molar-refractivity contribution >= 4 is 0 Å². The van der Waals surface area contributed by atoms with Gasteiger partial charge < -0.3 is 0 Å². The van der Waals surface area contributed by atoms with Crippen molar-refractivity contribution in [1.82, 2.24) is 0 Å². The number of benzene rings is 3. The predicted octanol–water partition coefficient (Wildman–Crippen LogP) is 7.59. The third kappa shape index (κ3) is 7.11. The van der Waals surface area contributed by atoms with Gasteiger partial charge in [-0.3, -0.25) is 0 Å². The summed E-state index contributed by atoms with van der Waals surface area (Å²) in [4.78, 5) is 0. The van der Waals surface area contributed by atoms with Crippen LogP contribution in [0.1, 0.15) is 72.4 Å². The SMILES string of the molecule is CCCCCCCc1ccc(C#Cc2c(F)cc(C#Cc3ccc(C)cc3)cc2F)cc1. The quantitative estimate of drug-likeness (QED) is 0.281. The van der Waals surface area contributed by atoms with Crippen LogP contribution in [0.15, 0.2) is 60.7 Å². The van der Waals surface area contributed by atoms with E-state index in [2.05, 4.69) is 30.6 Å². The Morgan fingerprint density at radius 3 is 1.78 bits per heavy atom. The van der Waals surface area contributed by atoms with Gasteiger partial charge in [0.2, 0.25) is 0 Å². The molecule has 0 amide bonds. The van der Waals surface area contributed by atoms with Gasteiger partial charge in [0.25, 0.3) is 0 Å². The van der Waals surface area contributed by atoms with Gasteiger partial charge in [0, 0.05) is 16.7 Å². The molecular formula is C30H28F2. The summed E-state index contributed by atoms with van der Waals surface area (Å²) < 4.78 is 28.9. The zero-order valence-corrected chi connectivity index (χ0v) is 18.8. The lowest BCUT2D eigenvalue weighted by Crippen LogP contribution is -1.93. The maximum absolute atomic E-state index is 14.5.